The van der Waals surface area contributed by atoms with Crippen molar-refractivity contribution in [1.29, 1.82) is 0 Å². The molecule has 60 valence electrons. The molecule has 1 fully saturated rings. The second-order valence-electron chi connectivity index (χ2n) is 3.99. The number of hydrogen-bond donors (Lipinski definition) is 1. The molecule has 2 heteroatoms. The largest absolute Gasteiger partial charge is 0.481 e. The molecular weight excluding hydrogens is 140 g/mol. The van der Waals surface area contributed by atoms with Gasteiger partial charge in [0.15, 0.2) is 0 Å². The lowest BCUT2D eigenvalue weighted by Gasteiger charge is -2.19. The summed E-state index contributed by atoms with van der Waals surface area (Å²) in [5, 5.41) is 8.91. The zero-order chi connectivity index (χ0) is 8.06. The summed E-state index contributed by atoms with van der Waals surface area (Å²) in [4.78, 5) is 10.8. The summed E-state index contributed by atoms with van der Waals surface area (Å²) < 4.78 is 0. The van der Waals surface area contributed by atoms with Gasteiger partial charge in [0.2, 0.25) is 0 Å². The lowest BCUT2D eigenvalue weighted by molar-refractivity contribution is -0.147. The first kappa shape index (κ1) is 6.89. The normalized spacial score (nSPS) is 46.6. The molecule has 0 heterocycles. The first-order chi connectivity index (χ1) is 5.12. The van der Waals surface area contributed by atoms with E-state index in [1.807, 2.05) is 6.92 Å². The van der Waals surface area contributed by atoms with Crippen LogP contribution in [0.15, 0.2) is 12.2 Å². The van der Waals surface area contributed by atoms with Crippen LogP contribution in [0.4, 0.5) is 0 Å². The van der Waals surface area contributed by atoms with E-state index in [-0.39, 0.29) is 0 Å². The molecule has 0 aromatic rings. The summed E-state index contributed by atoms with van der Waals surface area (Å²) in [6.45, 7) is 1.86. The minimum Gasteiger partial charge on any atom is -0.481 e. The Labute approximate surface area is 65.9 Å². The smallest absolute Gasteiger partial charge is 0.309 e. The maximum Gasteiger partial charge on any atom is 0.309 e. The van der Waals surface area contributed by atoms with Gasteiger partial charge in [-0.25, -0.2) is 0 Å². The van der Waals surface area contributed by atoms with Crippen LogP contribution in [0.5, 0.6) is 0 Å². The quantitative estimate of drug-likeness (QED) is 0.580. The summed E-state index contributed by atoms with van der Waals surface area (Å²) in [5.41, 5.74) is -0.446. The number of carboxylic acids is 1. The van der Waals surface area contributed by atoms with Gasteiger partial charge in [-0.2, -0.15) is 0 Å². The number of hydrogen-bond acceptors (Lipinski definition) is 1. The topological polar surface area (TPSA) is 37.3 Å². The van der Waals surface area contributed by atoms with E-state index in [4.69, 9.17) is 5.11 Å². The van der Waals surface area contributed by atoms with Gasteiger partial charge in [-0.1, -0.05) is 12.2 Å². The molecule has 0 aliphatic heterocycles. The van der Waals surface area contributed by atoms with Crippen LogP contribution in [0.25, 0.3) is 0 Å². The van der Waals surface area contributed by atoms with E-state index in [0.717, 1.165) is 12.8 Å². The highest BCUT2D eigenvalue weighted by molar-refractivity contribution is 5.75. The van der Waals surface area contributed by atoms with Gasteiger partial charge < -0.3 is 5.11 Å². The molecular formula is C9H12O2. The summed E-state index contributed by atoms with van der Waals surface area (Å²) in [6.07, 6.45) is 5.95. The van der Waals surface area contributed by atoms with Crippen LogP contribution in [-0.2, 0) is 4.79 Å². The molecule has 2 unspecified atom stereocenters. The maximum atomic E-state index is 10.8. The Hall–Kier alpha value is -0.790. The zero-order valence-electron chi connectivity index (χ0n) is 6.58. The average molecular weight is 152 g/mol. The fraction of sp³-hybridized carbons (Fsp3) is 0.667. The number of carboxylic acid groups (broad SMARTS) is 1. The van der Waals surface area contributed by atoms with E-state index in [0.29, 0.717) is 11.8 Å². The van der Waals surface area contributed by atoms with Crippen molar-refractivity contribution >= 4 is 5.97 Å². The number of rotatable bonds is 1. The highest BCUT2D eigenvalue weighted by atomic mass is 16.4. The van der Waals surface area contributed by atoms with Gasteiger partial charge in [0.25, 0.3) is 0 Å². The Bertz CT molecular complexity index is 216. The molecule has 0 aromatic carbocycles. The van der Waals surface area contributed by atoms with Crippen molar-refractivity contribution in [2.24, 2.45) is 17.3 Å². The second kappa shape index (κ2) is 1.87. The van der Waals surface area contributed by atoms with Crippen LogP contribution >= 0.6 is 0 Å². The summed E-state index contributed by atoms with van der Waals surface area (Å²) in [5.74, 6) is 0.501. The Morgan fingerprint density at radius 3 is 2.18 bits per heavy atom. The molecule has 0 aromatic heterocycles. The molecule has 0 bridgehead atoms. The molecule has 0 radical (unpaired) electrons. The molecule has 2 atom stereocenters. The van der Waals surface area contributed by atoms with E-state index in [1.54, 1.807) is 0 Å². The van der Waals surface area contributed by atoms with Crippen LogP contribution in [0, 0.1) is 17.3 Å². The van der Waals surface area contributed by atoms with Crippen molar-refractivity contribution in [3.8, 4) is 0 Å². The molecule has 0 spiro atoms. The Kier molecular flexibility index (Phi) is 1.17. The molecule has 1 N–H and O–H groups in total. The first-order valence-corrected chi connectivity index (χ1v) is 4.03. The van der Waals surface area contributed by atoms with Crippen LogP contribution in [0.1, 0.15) is 19.8 Å². The molecule has 2 aliphatic rings. The fourth-order valence-electron chi connectivity index (χ4n) is 2.16. The van der Waals surface area contributed by atoms with Crippen molar-refractivity contribution in [3.63, 3.8) is 0 Å². The standard InChI is InChI=1S/C9H12O2/c1-9(8(10)11)4-6-2-3-7(6)5-9/h2-3,6-7H,4-5H2,1H3,(H,10,11). The Morgan fingerprint density at radius 2 is 1.91 bits per heavy atom. The van der Waals surface area contributed by atoms with Crippen molar-refractivity contribution in [2.75, 3.05) is 0 Å². The van der Waals surface area contributed by atoms with Crippen LogP contribution in [-0.4, -0.2) is 11.1 Å². The van der Waals surface area contributed by atoms with E-state index >= 15 is 0 Å². The molecule has 0 saturated heterocycles. The molecule has 2 nitrogen and oxygen atoms in total. The second-order valence-corrected chi connectivity index (χ2v) is 3.99. The van der Waals surface area contributed by atoms with E-state index in [2.05, 4.69) is 12.2 Å². The van der Waals surface area contributed by atoms with Crippen molar-refractivity contribution in [2.45, 2.75) is 19.8 Å². The van der Waals surface area contributed by atoms with Gasteiger partial charge in [-0.3, -0.25) is 4.79 Å². The first-order valence-electron chi connectivity index (χ1n) is 4.03. The molecule has 11 heavy (non-hydrogen) atoms. The highest BCUT2D eigenvalue weighted by Gasteiger charge is 2.47. The lowest BCUT2D eigenvalue weighted by Crippen LogP contribution is -2.23. The van der Waals surface area contributed by atoms with Crippen molar-refractivity contribution < 1.29 is 9.90 Å². The van der Waals surface area contributed by atoms with Gasteiger partial charge in [0, 0.05) is 0 Å². The highest BCUT2D eigenvalue weighted by Crippen LogP contribution is 2.50. The van der Waals surface area contributed by atoms with E-state index < -0.39 is 11.4 Å². The van der Waals surface area contributed by atoms with Gasteiger partial charge in [-0.15, -0.1) is 0 Å². The SMILES string of the molecule is CC1(C(=O)O)CC2C=CC2C1. The monoisotopic (exact) mass is 152 g/mol. The third-order valence-corrected chi connectivity index (χ3v) is 3.04. The van der Waals surface area contributed by atoms with Gasteiger partial charge in [0.05, 0.1) is 5.41 Å². The van der Waals surface area contributed by atoms with Gasteiger partial charge >= 0.3 is 5.97 Å². The molecule has 2 rings (SSSR count). The summed E-state index contributed by atoms with van der Waals surface area (Å²) >= 11 is 0. The molecule has 1 saturated carbocycles. The number of aliphatic carboxylic acids is 1. The lowest BCUT2D eigenvalue weighted by atomic mass is 9.86. The minimum absolute atomic E-state index is 0.446. The number of fused-ring (bicyclic) bond motifs is 1. The van der Waals surface area contributed by atoms with Crippen LogP contribution < -0.4 is 0 Å². The van der Waals surface area contributed by atoms with E-state index in [9.17, 15) is 4.79 Å². The average Bonchev–Trinajstić information content (AvgIpc) is 2.13. The third-order valence-electron chi connectivity index (χ3n) is 3.04. The predicted molar refractivity (Wildman–Crippen MR) is 41.1 cm³/mol. The fourth-order valence-corrected chi connectivity index (χ4v) is 2.16. The Morgan fingerprint density at radius 1 is 1.45 bits per heavy atom. The summed E-state index contributed by atoms with van der Waals surface area (Å²) in [6, 6.07) is 0. The van der Waals surface area contributed by atoms with Crippen molar-refractivity contribution in [1.82, 2.24) is 0 Å². The summed E-state index contributed by atoms with van der Waals surface area (Å²) in [7, 11) is 0. The van der Waals surface area contributed by atoms with Crippen LogP contribution in [0.3, 0.4) is 0 Å². The number of carbonyl (C=O) groups is 1. The molecule has 0 amide bonds. The molecule has 2 aliphatic carbocycles. The predicted octanol–water partition coefficient (Wildman–Crippen LogP) is 1.67. The zero-order valence-corrected chi connectivity index (χ0v) is 6.58. The van der Waals surface area contributed by atoms with Crippen LogP contribution in [0.2, 0.25) is 0 Å². The van der Waals surface area contributed by atoms with Gasteiger partial charge in [0.1, 0.15) is 0 Å². The van der Waals surface area contributed by atoms with Gasteiger partial charge in [-0.05, 0) is 31.6 Å². The number of allylic oxidation sites excluding steroid dienone is 2. The van der Waals surface area contributed by atoms with Crippen molar-refractivity contribution in [3.05, 3.63) is 12.2 Å². The maximum absolute atomic E-state index is 10.8. The Balaban J connectivity index is 2.16. The minimum atomic E-state index is -0.631. The third kappa shape index (κ3) is 0.817. The van der Waals surface area contributed by atoms with E-state index in [1.165, 1.54) is 0 Å².